The highest BCUT2D eigenvalue weighted by Gasteiger charge is 2.42. The minimum atomic E-state index is 0.00539. The maximum Gasteiger partial charge on any atom is 0.252 e. The van der Waals surface area contributed by atoms with Gasteiger partial charge in [-0.25, -0.2) is 4.98 Å². The third-order valence-corrected chi connectivity index (χ3v) is 8.18. The van der Waals surface area contributed by atoms with Crippen LogP contribution in [0.25, 0.3) is 22.2 Å². The largest absolute Gasteiger partial charge is 0.349 e. The molecular formula is C28H31BrN2O. The molecule has 1 N–H and O–H groups in total. The number of fused-ring (bicyclic) bond motifs is 3. The average molecular weight is 491 g/mol. The molecule has 2 saturated carbocycles. The van der Waals surface area contributed by atoms with Gasteiger partial charge in [-0.05, 0) is 79.7 Å². The SMILES string of the molecule is CC(C)c1ccc(-c2cc(C(=O)N[C@@H](C)[C@H]3C[C@H]4CC[C@H]3C4)c3cc(Br)ccc3n2)cc1. The monoisotopic (exact) mass is 490 g/mol. The van der Waals surface area contributed by atoms with Gasteiger partial charge in [0, 0.05) is 21.5 Å². The summed E-state index contributed by atoms with van der Waals surface area (Å²) in [4.78, 5) is 18.4. The molecule has 2 aromatic carbocycles. The van der Waals surface area contributed by atoms with Crippen LogP contribution in [0.3, 0.4) is 0 Å². The van der Waals surface area contributed by atoms with Crippen molar-refractivity contribution in [2.75, 3.05) is 0 Å². The molecule has 5 rings (SSSR count). The van der Waals surface area contributed by atoms with E-state index in [0.29, 0.717) is 17.4 Å². The first-order valence-corrected chi connectivity index (χ1v) is 12.7. The first kappa shape index (κ1) is 21.6. The van der Waals surface area contributed by atoms with Gasteiger partial charge in [0.05, 0.1) is 16.8 Å². The smallest absolute Gasteiger partial charge is 0.252 e. The predicted octanol–water partition coefficient (Wildman–Crippen LogP) is 7.34. The van der Waals surface area contributed by atoms with E-state index >= 15 is 0 Å². The van der Waals surface area contributed by atoms with Crippen LogP contribution in [0.5, 0.6) is 0 Å². The molecule has 1 heterocycles. The topological polar surface area (TPSA) is 42.0 Å². The Labute approximate surface area is 199 Å². The van der Waals surface area contributed by atoms with Gasteiger partial charge in [-0.2, -0.15) is 0 Å². The molecule has 4 heteroatoms. The Kier molecular flexibility index (Phi) is 5.83. The molecule has 32 heavy (non-hydrogen) atoms. The Bertz CT molecular complexity index is 1150. The highest BCUT2D eigenvalue weighted by molar-refractivity contribution is 9.10. The molecule has 1 aromatic heterocycles. The van der Waals surface area contributed by atoms with Crippen LogP contribution in [0, 0.1) is 17.8 Å². The van der Waals surface area contributed by atoms with Crippen molar-refractivity contribution in [3.8, 4) is 11.3 Å². The van der Waals surface area contributed by atoms with Gasteiger partial charge in [0.15, 0.2) is 0 Å². The number of hydrogen-bond acceptors (Lipinski definition) is 2. The number of nitrogens with zero attached hydrogens (tertiary/aromatic N) is 1. The fourth-order valence-electron chi connectivity index (χ4n) is 5.87. The van der Waals surface area contributed by atoms with E-state index < -0.39 is 0 Å². The van der Waals surface area contributed by atoms with Gasteiger partial charge >= 0.3 is 0 Å². The van der Waals surface area contributed by atoms with E-state index in [4.69, 9.17) is 4.98 Å². The second-order valence-electron chi connectivity index (χ2n) is 10.1. The first-order valence-electron chi connectivity index (χ1n) is 11.9. The predicted molar refractivity (Wildman–Crippen MR) is 135 cm³/mol. The summed E-state index contributed by atoms with van der Waals surface area (Å²) in [6.45, 7) is 6.58. The molecule has 1 amide bonds. The minimum Gasteiger partial charge on any atom is -0.349 e. The molecule has 0 spiro atoms. The minimum absolute atomic E-state index is 0.00539. The Hall–Kier alpha value is -2.20. The molecule has 3 aromatic rings. The number of nitrogens with one attached hydrogen (secondary N) is 1. The van der Waals surface area contributed by atoms with E-state index in [0.717, 1.165) is 38.5 Å². The summed E-state index contributed by atoms with van der Waals surface area (Å²) in [5, 5.41) is 4.24. The van der Waals surface area contributed by atoms with Gasteiger partial charge in [-0.1, -0.05) is 60.5 Å². The lowest BCUT2D eigenvalue weighted by Crippen LogP contribution is -2.40. The van der Waals surface area contributed by atoms with Gasteiger partial charge < -0.3 is 5.32 Å². The van der Waals surface area contributed by atoms with Crippen LogP contribution < -0.4 is 5.32 Å². The highest BCUT2D eigenvalue weighted by Crippen LogP contribution is 2.49. The Morgan fingerprint density at radius 2 is 1.81 bits per heavy atom. The molecule has 2 aliphatic rings. The van der Waals surface area contributed by atoms with Crippen molar-refractivity contribution >= 4 is 32.7 Å². The highest BCUT2D eigenvalue weighted by atomic mass is 79.9. The van der Waals surface area contributed by atoms with Crippen molar-refractivity contribution < 1.29 is 4.79 Å². The van der Waals surface area contributed by atoms with Crippen LogP contribution in [-0.2, 0) is 0 Å². The molecular weight excluding hydrogens is 460 g/mol. The Morgan fingerprint density at radius 1 is 1.03 bits per heavy atom. The van der Waals surface area contributed by atoms with E-state index in [-0.39, 0.29) is 11.9 Å². The zero-order valence-corrected chi connectivity index (χ0v) is 20.7. The zero-order chi connectivity index (χ0) is 22.4. The van der Waals surface area contributed by atoms with Gasteiger partial charge in [0.1, 0.15) is 0 Å². The normalized spacial score (nSPS) is 23.1. The number of aromatic nitrogens is 1. The van der Waals surface area contributed by atoms with Crippen LogP contribution >= 0.6 is 15.9 Å². The number of benzene rings is 2. The second-order valence-corrected chi connectivity index (χ2v) is 11.0. The Morgan fingerprint density at radius 3 is 2.47 bits per heavy atom. The average Bonchev–Trinajstić information content (AvgIpc) is 3.42. The molecule has 2 aliphatic carbocycles. The first-order chi connectivity index (χ1) is 15.4. The van der Waals surface area contributed by atoms with Crippen molar-refractivity contribution in [1.82, 2.24) is 10.3 Å². The van der Waals surface area contributed by atoms with E-state index in [9.17, 15) is 4.79 Å². The number of carbonyl (C=O) groups is 1. The van der Waals surface area contributed by atoms with Crippen LogP contribution in [0.15, 0.2) is 53.0 Å². The molecule has 2 fully saturated rings. The summed E-state index contributed by atoms with van der Waals surface area (Å²) >= 11 is 3.57. The van der Waals surface area contributed by atoms with Crippen LogP contribution in [0.2, 0.25) is 0 Å². The summed E-state index contributed by atoms with van der Waals surface area (Å²) in [5.41, 5.74) is 4.73. The number of hydrogen-bond donors (Lipinski definition) is 1. The lowest BCUT2D eigenvalue weighted by atomic mass is 9.84. The van der Waals surface area contributed by atoms with Gasteiger partial charge in [0.2, 0.25) is 0 Å². The van der Waals surface area contributed by atoms with Crippen LogP contribution in [0.4, 0.5) is 0 Å². The third-order valence-electron chi connectivity index (χ3n) is 7.68. The lowest BCUT2D eigenvalue weighted by Gasteiger charge is -2.28. The number of amides is 1. The number of pyridine rings is 1. The van der Waals surface area contributed by atoms with Gasteiger partial charge in [-0.3, -0.25) is 4.79 Å². The fourth-order valence-corrected chi connectivity index (χ4v) is 6.23. The molecule has 166 valence electrons. The number of rotatable bonds is 5. The number of halogens is 1. The zero-order valence-electron chi connectivity index (χ0n) is 19.1. The standard InChI is InChI=1S/C28H31BrN2O/c1-16(2)19-6-8-20(9-7-19)27-15-25(24-14-22(29)10-11-26(24)31-27)28(32)30-17(3)23-13-18-4-5-21(23)12-18/h6-11,14-18,21,23H,4-5,12-13H2,1-3H3,(H,30,32)/t17-,18-,21-,23+/m0/s1. The second kappa shape index (κ2) is 8.62. The maximum absolute atomic E-state index is 13.5. The quantitative estimate of drug-likeness (QED) is 0.406. The maximum atomic E-state index is 13.5. The summed E-state index contributed by atoms with van der Waals surface area (Å²) in [7, 11) is 0. The van der Waals surface area contributed by atoms with Crippen molar-refractivity contribution in [3.05, 3.63) is 64.1 Å². The summed E-state index contributed by atoms with van der Waals surface area (Å²) in [6.07, 6.45) is 5.33. The van der Waals surface area contributed by atoms with Gasteiger partial charge in [0.25, 0.3) is 5.91 Å². The van der Waals surface area contributed by atoms with E-state index in [2.05, 4.69) is 66.3 Å². The molecule has 0 saturated heterocycles. The summed E-state index contributed by atoms with van der Waals surface area (Å²) in [6, 6.07) is 16.7. The van der Waals surface area contributed by atoms with Crippen molar-refractivity contribution in [3.63, 3.8) is 0 Å². The van der Waals surface area contributed by atoms with E-state index in [1.54, 1.807) is 0 Å². The molecule has 3 nitrogen and oxygen atoms in total. The Balaban J connectivity index is 1.49. The summed E-state index contributed by atoms with van der Waals surface area (Å²) < 4.78 is 0.955. The van der Waals surface area contributed by atoms with E-state index in [1.165, 1.54) is 31.2 Å². The molecule has 0 aliphatic heterocycles. The third kappa shape index (κ3) is 4.10. The summed E-state index contributed by atoms with van der Waals surface area (Å²) in [5.74, 6) is 2.77. The van der Waals surface area contributed by atoms with Crippen LogP contribution in [0.1, 0.15) is 68.3 Å². The molecule has 2 bridgehead atoms. The van der Waals surface area contributed by atoms with E-state index in [1.807, 2.05) is 24.3 Å². The number of carbonyl (C=O) groups excluding carboxylic acids is 1. The lowest BCUT2D eigenvalue weighted by molar-refractivity contribution is 0.0917. The van der Waals surface area contributed by atoms with Crippen molar-refractivity contribution in [2.45, 2.75) is 58.4 Å². The van der Waals surface area contributed by atoms with Crippen molar-refractivity contribution in [2.24, 2.45) is 17.8 Å². The fraction of sp³-hybridized carbons (Fsp3) is 0.429. The molecule has 0 radical (unpaired) electrons. The van der Waals surface area contributed by atoms with Crippen LogP contribution in [-0.4, -0.2) is 16.9 Å². The molecule has 4 atom stereocenters. The van der Waals surface area contributed by atoms with Gasteiger partial charge in [-0.15, -0.1) is 0 Å². The molecule has 0 unspecified atom stereocenters. The van der Waals surface area contributed by atoms with Crippen molar-refractivity contribution in [1.29, 1.82) is 0 Å².